The fraction of sp³-hybridized carbons (Fsp3) is 0.118. The molecular formula is C17H16N4O3S. The maximum atomic E-state index is 12.4. The van der Waals surface area contributed by atoms with Crippen LogP contribution in [-0.4, -0.2) is 29.0 Å². The van der Waals surface area contributed by atoms with Crippen LogP contribution in [0.5, 0.6) is 0 Å². The first-order valence-electron chi connectivity index (χ1n) is 7.51. The van der Waals surface area contributed by atoms with Gasteiger partial charge in [0.25, 0.3) is 0 Å². The van der Waals surface area contributed by atoms with Crippen molar-refractivity contribution in [3.05, 3.63) is 72.2 Å². The highest BCUT2D eigenvalue weighted by Crippen LogP contribution is 2.13. The van der Waals surface area contributed by atoms with Crippen LogP contribution < -0.4 is 4.72 Å². The predicted octanol–water partition coefficient (Wildman–Crippen LogP) is 1.95. The number of sulfonamides is 1. The number of hydrogen-bond acceptors (Lipinski definition) is 5. The standard InChI is InChI=1S/C17H16N4O3S/c1-13(22)15-4-2-5-16(11-15)25(23,24)20-12-14-6-8-18-17(10-14)21-9-3-7-19-21/h2-11,20H,12H2,1H3. The molecule has 3 rings (SSSR count). The molecule has 1 N–H and O–H groups in total. The molecule has 0 aliphatic heterocycles. The van der Waals surface area contributed by atoms with Crippen LogP contribution in [0.3, 0.4) is 0 Å². The van der Waals surface area contributed by atoms with Gasteiger partial charge in [-0.3, -0.25) is 4.79 Å². The van der Waals surface area contributed by atoms with Gasteiger partial charge in [-0.2, -0.15) is 5.10 Å². The molecule has 8 heteroatoms. The summed E-state index contributed by atoms with van der Waals surface area (Å²) in [6, 6.07) is 11.2. The molecule has 0 spiro atoms. The quantitative estimate of drug-likeness (QED) is 0.681. The topological polar surface area (TPSA) is 94.0 Å². The van der Waals surface area contributed by atoms with E-state index in [9.17, 15) is 13.2 Å². The number of ketones is 1. The minimum Gasteiger partial charge on any atom is -0.295 e. The zero-order valence-electron chi connectivity index (χ0n) is 13.5. The van der Waals surface area contributed by atoms with Crippen molar-refractivity contribution in [3.8, 4) is 5.82 Å². The molecule has 3 aromatic rings. The van der Waals surface area contributed by atoms with Crippen LogP contribution in [0, 0.1) is 0 Å². The van der Waals surface area contributed by atoms with Crippen molar-refractivity contribution in [1.29, 1.82) is 0 Å². The molecule has 25 heavy (non-hydrogen) atoms. The third-order valence-electron chi connectivity index (χ3n) is 3.57. The van der Waals surface area contributed by atoms with E-state index >= 15 is 0 Å². The lowest BCUT2D eigenvalue weighted by atomic mass is 10.2. The fourth-order valence-corrected chi connectivity index (χ4v) is 3.31. The largest absolute Gasteiger partial charge is 0.295 e. The van der Waals surface area contributed by atoms with Crippen LogP contribution in [0.1, 0.15) is 22.8 Å². The van der Waals surface area contributed by atoms with Crippen LogP contribution in [0.25, 0.3) is 5.82 Å². The second-order valence-corrected chi connectivity index (χ2v) is 7.15. The molecule has 0 radical (unpaired) electrons. The molecule has 1 aromatic carbocycles. The molecule has 0 aliphatic carbocycles. The summed E-state index contributed by atoms with van der Waals surface area (Å²) < 4.78 is 29.0. The van der Waals surface area contributed by atoms with E-state index in [0.717, 1.165) is 5.56 Å². The second kappa shape index (κ2) is 6.96. The molecule has 0 bridgehead atoms. The van der Waals surface area contributed by atoms with Gasteiger partial charge in [-0.1, -0.05) is 12.1 Å². The lowest BCUT2D eigenvalue weighted by molar-refractivity contribution is 0.101. The number of pyridine rings is 1. The Morgan fingerprint density at radius 1 is 1.16 bits per heavy atom. The molecule has 0 amide bonds. The molecule has 0 aliphatic rings. The number of carbonyl (C=O) groups is 1. The molecule has 0 unspecified atom stereocenters. The third kappa shape index (κ3) is 3.98. The zero-order chi connectivity index (χ0) is 17.9. The first-order valence-corrected chi connectivity index (χ1v) is 9.00. The maximum Gasteiger partial charge on any atom is 0.240 e. The Balaban J connectivity index is 1.78. The molecule has 7 nitrogen and oxygen atoms in total. The zero-order valence-corrected chi connectivity index (χ0v) is 14.3. The van der Waals surface area contributed by atoms with Crippen molar-refractivity contribution in [3.63, 3.8) is 0 Å². The smallest absolute Gasteiger partial charge is 0.240 e. The van der Waals surface area contributed by atoms with Gasteiger partial charge in [0, 0.05) is 30.7 Å². The normalized spacial score (nSPS) is 11.4. The highest BCUT2D eigenvalue weighted by molar-refractivity contribution is 7.89. The molecule has 0 saturated heterocycles. The number of aromatic nitrogens is 3. The summed E-state index contributed by atoms with van der Waals surface area (Å²) in [4.78, 5) is 15.7. The Bertz CT molecular complexity index is 998. The van der Waals surface area contributed by atoms with Crippen LogP contribution in [-0.2, 0) is 16.6 Å². The van der Waals surface area contributed by atoms with Crippen molar-refractivity contribution >= 4 is 15.8 Å². The van der Waals surface area contributed by atoms with Crippen LogP contribution in [0.15, 0.2) is 66.0 Å². The van der Waals surface area contributed by atoms with E-state index in [2.05, 4.69) is 14.8 Å². The van der Waals surface area contributed by atoms with E-state index in [1.807, 2.05) is 0 Å². The second-order valence-electron chi connectivity index (χ2n) is 5.38. The number of nitrogens with one attached hydrogen (secondary N) is 1. The minimum absolute atomic E-state index is 0.0570. The Hall–Kier alpha value is -2.84. The number of nitrogens with zero attached hydrogens (tertiary/aromatic N) is 3. The van der Waals surface area contributed by atoms with E-state index in [0.29, 0.717) is 11.4 Å². The van der Waals surface area contributed by atoms with Gasteiger partial charge in [0.05, 0.1) is 4.90 Å². The fourth-order valence-electron chi connectivity index (χ4n) is 2.24. The van der Waals surface area contributed by atoms with Crippen LogP contribution in [0.2, 0.25) is 0 Å². The Morgan fingerprint density at radius 2 is 2.00 bits per heavy atom. The van der Waals surface area contributed by atoms with Crippen LogP contribution >= 0.6 is 0 Å². The predicted molar refractivity (Wildman–Crippen MR) is 91.8 cm³/mol. The van der Waals surface area contributed by atoms with Gasteiger partial charge in [-0.05, 0) is 42.8 Å². The van der Waals surface area contributed by atoms with Gasteiger partial charge < -0.3 is 0 Å². The van der Waals surface area contributed by atoms with Gasteiger partial charge >= 0.3 is 0 Å². The highest BCUT2D eigenvalue weighted by atomic mass is 32.2. The van der Waals surface area contributed by atoms with Crippen molar-refractivity contribution in [1.82, 2.24) is 19.5 Å². The summed E-state index contributed by atoms with van der Waals surface area (Å²) >= 11 is 0. The summed E-state index contributed by atoms with van der Waals surface area (Å²) in [5.74, 6) is 0.412. The van der Waals surface area contributed by atoms with E-state index in [1.54, 1.807) is 53.6 Å². The van der Waals surface area contributed by atoms with Gasteiger partial charge in [-0.25, -0.2) is 22.8 Å². The number of hydrogen-bond donors (Lipinski definition) is 1. The van der Waals surface area contributed by atoms with Crippen molar-refractivity contribution < 1.29 is 13.2 Å². The summed E-state index contributed by atoms with van der Waals surface area (Å²) in [6.45, 7) is 1.50. The lowest BCUT2D eigenvalue weighted by Crippen LogP contribution is -2.23. The first kappa shape index (κ1) is 17.0. The number of rotatable bonds is 6. The molecule has 2 aromatic heterocycles. The lowest BCUT2D eigenvalue weighted by Gasteiger charge is -2.09. The minimum atomic E-state index is -3.73. The van der Waals surface area contributed by atoms with Gasteiger partial charge in [0.2, 0.25) is 10.0 Å². The first-order chi connectivity index (χ1) is 12.0. The van der Waals surface area contributed by atoms with Crippen molar-refractivity contribution in [2.24, 2.45) is 0 Å². The SMILES string of the molecule is CC(=O)c1cccc(S(=O)(=O)NCc2ccnc(-n3cccn3)c2)c1. The van der Waals surface area contributed by atoms with Gasteiger partial charge in [-0.15, -0.1) is 0 Å². The molecule has 128 valence electrons. The molecule has 2 heterocycles. The van der Waals surface area contributed by atoms with Gasteiger partial charge in [0.15, 0.2) is 11.6 Å². The summed E-state index contributed by atoms with van der Waals surface area (Å²) in [7, 11) is -3.73. The van der Waals surface area contributed by atoms with Crippen molar-refractivity contribution in [2.75, 3.05) is 0 Å². The molecule has 0 saturated carbocycles. The maximum absolute atomic E-state index is 12.4. The molecule has 0 fully saturated rings. The Labute approximate surface area is 145 Å². The van der Waals surface area contributed by atoms with E-state index < -0.39 is 10.0 Å². The van der Waals surface area contributed by atoms with E-state index in [4.69, 9.17) is 0 Å². The average Bonchev–Trinajstić information content (AvgIpc) is 3.15. The van der Waals surface area contributed by atoms with Gasteiger partial charge in [0.1, 0.15) is 0 Å². The average molecular weight is 356 g/mol. The summed E-state index contributed by atoms with van der Waals surface area (Å²) in [5, 5.41) is 4.09. The highest BCUT2D eigenvalue weighted by Gasteiger charge is 2.15. The van der Waals surface area contributed by atoms with E-state index in [-0.39, 0.29) is 17.2 Å². The third-order valence-corrected chi connectivity index (χ3v) is 4.97. The molecule has 0 atom stereocenters. The monoisotopic (exact) mass is 356 g/mol. The summed E-state index contributed by atoms with van der Waals surface area (Å²) in [6.07, 6.45) is 4.99. The van der Waals surface area contributed by atoms with Crippen LogP contribution in [0.4, 0.5) is 0 Å². The van der Waals surface area contributed by atoms with E-state index in [1.165, 1.54) is 19.1 Å². The number of carbonyl (C=O) groups excluding carboxylic acids is 1. The Morgan fingerprint density at radius 3 is 2.72 bits per heavy atom. The number of benzene rings is 1. The number of Topliss-reactive ketones (excluding diaryl/α,β-unsaturated/α-hetero) is 1. The molecular weight excluding hydrogens is 340 g/mol. The summed E-state index contributed by atoms with van der Waals surface area (Å²) in [5.41, 5.74) is 1.10. The Kier molecular flexibility index (Phi) is 4.73. The van der Waals surface area contributed by atoms with Crippen molar-refractivity contribution in [2.45, 2.75) is 18.4 Å².